The van der Waals surface area contributed by atoms with Gasteiger partial charge in [0, 0.05) is 25.3 Å². The lowest BCUT2D eigenvalue weighted by Crippen LogP contribution is -2.51. The molecule has 1 heterocycles. The van der Waals surface area contributed by atoms with Crippen molar-refractivity contribution in [3.63, 3.8) is 0 Å². The molecule has 152 valence electrons. The molecule has 2 aromatic carbocycles. The van der Waals surface area contributed by atoms with Crippen molar-refractivity contribution in [2.24, 2.45) is 0 Å². The van der Waals surface area contributed by atoms with Crippen LogP contribution in [0, 0.1) is 5.82 Å². The number of carbonyl (C=O) groups excluding carboxylic acids is 2. The van der Waals surface area contributed by atoms with Crippen molar-refractivity contribution >= 4 is 29.1 Å². The van der Waals surface area contributed by atoms with E-state index in [-0.39, 0.29) is 23.5 Å². The molecule has 1 saturated carbocycles. The predicted octanol–water partition coefficient (Wildman–Crippen LogP) is 4.18. The van der Waals surface area contributed by atoms with Crippen LogP contribution < -0.4 is 19.4 Å². The van der Waals surface area contributed by atoms with Crippen molar-refractivity contribution in [3.8, 4) is 5.75 Å². The summed E-state index contributed by atoms with van der Waals surface area (Å²) < 4.78 is 18.5. The van der Waals surface area contributed by atoms with E-state index in [1.165, 1.54) is 29.2 Å². The Morgan fingerprint density at radius 1 is 1.17 bits per heavy atom. The maximum atomic E-state index is 13.1. The fourth-order valence-electron chi connectivity index (χ4n) is 3.84. The summed E-state index contributed by atoms with van der Waals surface area (Å²) in [4.78, 5) is 30.7. The van der Waals surface area contributed by atoms with Gasteiger partial charge in [-0.1, -0.05) is 0 Å². The second-order valence-corrected chi connectivity index (χ2v) is 7.45. The van der Waals surface area contributed by atoms with E-state index < -0.39 is 6.09 Å². The molecule has 1 atom stereocenters. The van der Waals surface area contributed by atoms with Crippen molar-refractivity contribution in [3.05, 3.63) is 48.3 Å². The second kappa shape index (κ2) is 7.39. The first-order valence-electron chi connectivity index (χ1n) is 9.85. The summed E-state index contributed by atoms with van der Waals surface area (Å²) >= 11 is 0. The van der Waals surface area contributed by atoms with Gasteiger partial charge in [-0.15, -0.1) is 0 Å². The molecular formula is C22H24FN3O3. The van der Waals surface area contributed by atoms with Crippen LogP contribution in [0.25, 0.3) is 0 Å². The lowest BCUT2D eigenvalue weighted by molar-refractivity contribution is -0.119. The third-order valence-corrected chi connectivity index (χ3v) is 5.51. The van der Waals surface area contributed by atoms with Crippen LogP contribution in [0.2, 0.25) is 0 Å². The first-order chi connectivity index (χ1) is 13.9. The zero-order valence-electron chi connectivity index (χ0n) is 16.8. The van der Waals surface area contributed by atoms with Gasteiger partial charge in [-0.25, -0.2) is 9.18 Å². The van der Waals surface area contributed by atoms with Crippen LogP contribution in [0.4, 0.5) is 26.2 Å². The Bertz CT molecular complexity index is 943. The number of halogens is 1. The standard InChI is InChI=1S/C22H24FN3O3/c1-4-25(22(28)29-18-10-5-15(23)6-11-18)17-9-12-19-20(13-17)26(16-7-8-16)14(2)21(27)24(19)3/h5-6,9-14,16H,4,7-8H2,1-3H3. The first kappa shape index (κ1) is 19.2. The van der Waals surface area contributed by atoms with E-state index in [1.54, 1.807) is 11.9 Å². The molecule has 1 fully saturated rings. The molecule has 0 radical (unpaired) electrons. The monoisotopic (exact) mass is 397 g/mol. The van der Waals surface area contributed by atoms with E-state index in [0.29, 0.717) is 18.3 Å². The fourth-order valence-corrected chi connectivity index (χ4v) is 3.84. The maximum absolute atomic E-state index is 13.1. The Hall–Kier alpha value is -3.09. The van der Waals surface area contributed by atoms with Crippen molar-refractivity contribution in [1.82, 2.24) is 0 Å². The summed E-state index contributed by atoms with van der Waals surface area (Å²) in [5, 5.41) is 0. The maximum Gasteiger partial charge on any atom is 0.419 e. The number of benzene rings is 2. The van der Waals surface area contributed by atoms with Crippen molar-refractivity contribution < 1.29 is 18.7 Å². The summed E-state index contributed by atoms with van der Waals surface area (Å²) in [6, 6.07) is 11.1. The highest BCUT2D eigenvalue weighted by Crippen LogP contribution is 2.44. The molecule has 29 heavy (non-hydrogen) atoms. The molecule has 0 N–H and O–H groups in total. The molecule has 6 nitrogen and oxygen atoms in total. The van der Waals surface area contributed by atoms with Gasteiger partial charge < -0.3 is 14.5 Å². The Morgan fingerprint density at radius 3 is 2.48 bits per heavy atom. The highest BCUT2D eigenvalue weighted by molar-refractivity contribution is 6.06. The van der Waals surface area contributed by atoms with E-state index in [4.69, 9.17) is 4.74 Å². The van der Waals surface area contributed by atoms with Gasteiger partial charge in [0.2, 0.25) is 5.91 Å². The summed E-state index contributed by atoms with van der Waals surface area (Å²) in [6.07, 6.45) is 1.59. The predicted molar refractivity (Wildman–Crippen MR) is 110 cm³/mol. The van der Waals surface area contributed by atoms with Crippen LogP contribution in [0.15, 0.2) is 42.5 Å². The van der Waals surface area contributed by atoms with Crippen LogP contribution in [-0.2, 0) is 4.79 Å². The smallest absolute Gasteiger partial charge is 0.410 e. The Balaban J connectivity index is 1.64. The van der Waals surface area contributed by atoms with Gasteiger partial charge in [0.25, 0.3) is 0 Å². The highest BCUT2D eigenvalue weighted by Gasteiger charge is 2.41. The topological polar surface area (TPSA) is 53.1 Å². The van der Waals surface area contributed by atoms with Gasteiger partial charge in [0.15, 0.2) is 0 Å². The number of rotatable bonds is 4. The number of fused-ring (bicyclic) bond motifs is 1. The van der Waals surface area contributed by atoms with Crippen LogP contribution in [0.3, 0.4) is 0 Å². The normalized spacial score (nSPS) is 18.5. The lowest BCUT2D eigenvalue weighted by atomic mass is 10.1. The second-order valence-electron chi connectivity index (χ2n) is 7.45. The van der Waals surface area contributed by atoms with E-state index in [1.807, 2.05) is 32.0 Å². The average Bonchev–Trinajstić information content (AvgIpc) is 3.54. The van der Waals surface area contributed by atoms with E-state index in [0.717, 1.165) is 24.2 Å². The molecule has 0 spiro atoms. The third kappa shape index (κ3) is 3.52. The molecule has 2 aromatic rings. The highest BCUT2D eigenvalue weighted by atomic mass is 19.1. The van der Waals surface area contributed by atoms with Crippen LogP contribution in [-0.4, -0.2) is 37.7 Å². The molecule has 4 rings (SSSR count). The molecule has 0 bridgehead atoms. The molecule has 1 aliphatic heterocycles. The SMILES string of the molecule is CCN(C(=O)Oc1ccc(F)cc1)c1ccc2c(c1)N(C1CC1)C(C)C(=O)N2C. The molecule has 0 aromatic heterocycles. The number of hydrogen-bond acceptors (Lipinski definition) is 4. The number of anilines is 3. The average molecular weight is 397 g/mol. The van der Waals surface area contributed by atoms with Gasteiger partial charge in [-0.2, -0.15) is 0 Å². The van der Waals surface area contributed by atoms with Crippen molar-refractivity contribution in [2.75, 3.05) is 28.3 Å². The quantitative estimate of drug-likeness (QED) is 0.777. The minimum Gasteiger partial charge on any atom is -0.410 e. The summed E-state index contributed by atoms with van der Waals surface area (Å²) in [6.45, 7) is 4.20. The number of ether oxygens (including phenoxy) is 1. The molecule has 7 heteroatoms. The van der Waals surface area contributed by atoms with Crippen LogP contribution >= 0.6 is 0 Å². The fraction of sp³-hybridized carbons (Fsp3) is 0.364. The minimum atomic E-state index is -0.537. The van der Waals surface area contributed by atoms with E-state index >= 15 is 0 Å². The zero-order valence-corrected chi connectivity index (χ0v) is 16.8. The first-order valence-corrected chi connectivity index (χ1v) is 9.85. The minimum absolute atomic E-state index is 0.0696. The Labute approximate surface area is 169 Å². The summed E-state index contributed by atoms with van der Waals surface area (Å²) in [5.41, 5.74) is 2.48. The number of amides is 2. The van der Waals surface area contributed by atoms with Crippen molar-refractivity contribution in [2.45, 2.75) is 38.8 Å². The largest absolute Gasteiger partial charge is 0.419 e. The molecule has 1 unspecified atom stereocenters. The van der Waals surface area contributed by atoms with Crippen molar-refractivity contribution in [1.29, 1.82) is 0 Å². The van der Waals surface area contributed by atoms with Gasteiger partial charge in [0.1, 0.15) is 17.6 Å². The molecular weight excluding hydrogens is 373 g/mol. The molecule has 2 amide bonds. The summed E-state index contributed by atoms with van der Waals surface area (Å²) in [7, 11) is 1.78. The van der Waals surface area contributed by atoms with Crippen LogP contribution in [0.1, 0.15) is 26.7 Å². The third-order valence-electron chi connectivity index (χ3n) is 5.51. The van der Waals surface area contributed by atoms with Gasteiger partial charge in [0.05, 0.1) is 11.4 Å². The number of carbonyl (C=O) groups is 2. The number of hydrogen-bond donors (Lipinski definition) is 0. The molecule has 0 saturated heterocycles. The molecule has 1 aliphatic carbocycles. The van der Waals surface area contributed by atoms with Gasteiger partial charge in [-0.3, -0.25) is 9.69 Å². The van der Waals surface area contributed by atoms with Gasteiger partial charge in [-0.05, 0) is 69.2 Å². The van der Waals surface area contributed by atoms with Gasteiger partial charge >= 0.3 is 6.09 Å². The zero-order chi connectivity index (χ0) is 20.7. The number of nitrogens with zero attached hydrogens (tertiary/aromatic N) is 3. The Morgan fingerprint density at radius 2 is 1.86 bits per heavy atom. The summed E-state index contributed by atoms with van der Waals surface area (Å²) in [5.74, 6) is -0.0358. The molecule has 2 aliphatic rings. The Kier molecular flexibility index (Phi) is 4.90. The van der Waals surface area contributed by atoms with Crippen LogP contribution in [0.5, 0.6) is 5.75 Å². The van der Waals surface area contributed by atoms with E-state index in [2.05, 4.69) is 4.90 Å². The lowest BCUT2D eigenvalue weighted by Gasteiger charge is -2.41. The van der Waals surface area contributed by atoms with E-state index in [9.17, 15) is 14.0 Å². The number of likely N-dealkylation sites (N-methyl/N-ethyl adjacent to an activating group) is 1.